The van der Waals surface area contributed by atoms with E-state index >= 15 is 0 Å². The first-order valence-corrected chi connectivity index (χ1v) is 8.19. The molecule has 1 heterocycles. The van der Waals surface area contributed by atoms with Crippen LogP contribution in [0.15, 0.2) is 60.3 Å². The quantitative estimate of drug-likeness (QED) is 0.681. The van der Waals surface area contributed by atoms with Crippen molar-refractivity contribution in [1.82, 2.24) is 0 Å². The molecule has 106 valence electrons. The molecule has 0 amide bonds. The molecule has 1 aliphatic rings. The Bertz CT molecular complexity index is 673. The maximum absolute atomic E-state index is 3.91. The molecule has 0 saturated carbocycles. The molecule has 2 aromatic rings. The molecule has 0 radical (unpaired) electrons. The van der Waals surface area contributed by atoms with Crippen molar-refractivity contribution in [1.29, 1.82) is 0 Å². The molecule has 0 bridgehead atoms. The summed E-state index contributed by atoms with van der Waals surface area (Å²) in [5.41, 5.74) is 5.40. The van der Waals surface area contributed by atoms with E-state index < -0.39 is 0 Å². The van der Waals surface area contributed by atoms with Crippen molar-refractivity contribution < 1.29 is 0 Å². The molecule has 1 nitrogen and oxygen atoms in total. The summed E-state index contributed by atoms with van der Waals surface area (Å²) in [6.07, 6.45) is 2.32. The first kappa shape index (κ1) is 14.5. The normalized spacial score (nSPS) is 14.8. The van der Waals surface area contributed by atoms with E-state index in [0.29, 0.717) is 0 Å². The highest BCUT2D eigenvalue weighted by Crippen LogP contribution is 2.37. The average molecular weight is 340 g/mol. The average Bonchev–Trinajstić information content (AvgIpc) is 2.47. The third-order valence-corrected chi connectivity index (χ3v) is 4.74. The summed E-state index contributed by atoms with van der Waals surface area (Å²) in [4.78, 5) is 2.39. The molecule has 21 heavy (non-hydrogen) atoms. The van der Waals surface area contributed by atoms with Crippen LogP contribution in [-0.4, -0.2) is 5.67 Å². The highest BCUT2D eigenvalue weighted by atomic mass is 79.9. The van der Waals surface area contributed by atoms with Gasteiger partial charge in [-0.2, -0.15) is 0 Å². The molecule has 0 unspecified atom stereocenters. The number of halogens is 1. The van der Waals surface area contributed by atoms with E-state index in [4.69, 9.17) is 0 Å². The molecular formula is C18H19BBrN. The molecule has 2 aromatic carbocycles. The van der Waals surface area contributed by atoms with Gasteiger partial charge in [0, 0.05) is 16.8 Å². The molecule has 0 spiro atoms. The monoisotopic (exact) mass is 339 g/mol. The van der Waals surface area contributed by atoms with Gasteiger partial charge < -0.3 is 4.81 Å². The van der Waals surface area contributed by atoms with Crippen LogP contribution in [0, 0.1) is 5.41 Å². The van der Waals surface area contributed by atoms with Crippen LogP contribution in [0.1, 0.15) is 26.3 Å². The van der Waals surface area contributed by atoms with E-state index in [1.807, 2.05) is 0 Å². The number of para-hydroxylation sites is 1. The van der Waals surface area contributed by atoms with E-state index in [2.05, 4.69) is 102 Å². The fraction of sp³-hybridized carbons (Fsp3) is 0.222. The predicted octanol–water partition coefficient (Wildman–Crippen LogP) is 4.68. The van der Waals surface area contributed by atoms with Gasteiger partial charge in [-0.15, -0.1) is 15.8 Å². The van der Waals surface area contributed by atoms with Crippen LogP contribution in [-0.2, 0) is 0 Å². The molecule has 0 aromatic heterocycles. The van der Waals surface area contributed by atoms with E-state index in [9.17, 15) is 0 Å². The number of fused-ring (bicyclic) bond motifs is 1. The molecular weight excluding hydrogens is 321 g/mol. The Hall–Kier alpha value is -1.48. The van der Waals surface area contributed by atoms with Gasteiger partial charge in [-0.25, -0.2) is 0 Å². The van der Waals surface area contributed by atoms with Crippen molar-refractivity contribution in [3.8, 4) is 0 Å². The fourth-order valence-corrected chi connectivity index (χ4v) is 3.65. The van der Waals surface area contributed by atoms with E-state index in [1.54, 1.807) is 0 Å². The Morgan fingerprint density at radius 1 is 0.905 bits per heavy atom. The Kier molecular flexibility index (Phi) is 3.70. The standard InChI is InChI=1S/C18H19BBrN/c1-18(2,3)17-13-14-9-7-8-12-16(14)19(20)21(17)15-10-5-4-6-11-15/h4-13H,1-3H3. The minimum absolute atomic E-state index is 0.0788. The van der Waals surface area contributed by atoms with Gasteiger partial charge in [0.15, 0.2) is 0 Å². The van der Waals surface area contributed by atoms with Crippen LogP contribution in [0.3, 0.4) is 0 Å². The van der Waals surface area contributed by atoms with Gasteiger partial charge in [0.1, 0.15) is 0 Å². The lowest BCUT2D eigenvalue weighted by molar-refractivity contribution is 0.502. The van der Waals surface area contributed by atoms with Crippen molar-refractivity contribution in [3.05, 3.63) is 65.9 Å². The maximum Gasteiger partial charge on any atom is 0.372 e. The third-order valence-electron chi connectivity index (χ3n) is 3.83. The van der Waals surface area contributed by atoms with Gasteiger partial charge in [0.25, 0.3) is 0 Å². The smallest absolute Gasteiger partial charge is 0.372 e. The van der Waals surface area contributed by atoms with Gasteiger partial charge in [-0.05, 0) is 29.2 Å². The van der Waals surface area contributed by atoms with Crippen molar-refractivity contribution in [2.45, 2.75) is 20.8 Å². The van der Waals surface area contributed by atoms with Gasteiger partial charge in [0.05, 0.1) is 0 Å². The SMILES string of the molecule is CC(C)(C)C1=Cc2ccccc2B(Br)N1c1ccccc1. The first-order valence-electron chi connectivity index (χ1n) is 7.28. The Labute approximate surface area is 135 Å². The summed E-state index contributed by atoms with van der Waals surface area (Å²) in [7, 11) is 0. The van der Waals surface area contributed by atoms with Gasteiger partial charge in [0.2, 0.25) is 0 Å². The van der Waals surface area contributed by atoms with Crippen molar-refractivity contribution >= 4 is 38.7 Å². The molecule has 0 fully saturated rings. The maximum atomic E-state index is 3.91. The lowest BCUT2D eigenvalue weighted by Gasteiger charge is -2.41. The minimum Gasteiger partial charge on any atom is -0.374 e. The van der Waals surface area contributed by atoms with Crippen LogP contribution in [0.5, 0.6) is 0 Å². The molecule has 3 heteroatoms. The number of hydrogen-bond acceptors (Lipinski definition) is 1. The van der Waals surface area contributed by atoms with Crippen LogP contribution < -0.4 is 10.3 Å². The highest BCUT2D eigenvalue weighted by Gasteiger charge is 2.35. The molecule has 0 atom stereocenters. The molecule has 0 aliphatic carbocycles. The number of rotatable bonds is 1. The molecule has 0 N–H and O–H groups in total. The zero-order valence-corrected chi connectivity index (χ0v) is 14.3. The minimum atomic E-state index is 0.0788. The summed E-state index contributed by atoms with van der Waals surface area (Å²) >= 11 is 3.91. The number of hydrogen-bond donors (Lipinski definition) is 0. The Balaban J connectivity index is 2.19. The fourth-order valence-electron chi connectivity index (χ4n) is 2.77. The summed E-state index contributed by atoms with van der Waals surface area (Å²) in [5.74, 6) is 0. The summed E-state index contributed by atoms with van der Waals surface area (Å²) in [6, 6.07) is 19.2. The van der Waals surface area contributed by atoms with Gasteiger partial charge in [-0.1, -0.05) is 63.2 Å². The summed E-state index contributed by atoms with van der Waals surface area (Å²) < 4.78 is 0. The van der Waals surface area contributed by atoms with Crippen LogP contribution >= 0.6 is 15.8 Å². The van der Waals surface area contributed by atoms with Gasteiger partial charge >= 0.3 is 5.67 Å². The number of nitrogens with zero attached hydrogens (tertiary/aromatic N) is 1. The zero-order chi connectivity index (χ0) is 15.0. The largest absolute Gasteiger partial charge is 0.374 e. The summed E-state index contributed by atoms with van der Waals surface area (Å²) in [5, 5.41) is 0. The van der Waals surface area contributed by atoms with Crippen LogP contribution in [0.4, 0.5) is 5.69 Å². The third kappa shape index (κ3) is 2.67. The molecule has 0 saturated heterocycles. The second kappa shape index (κ2) is 5.38. The molecule has 1 aliphatic heterocycles. The van der Waals surface area contributed by atoms with Crippen molar-refractivity contribution in [2.24, 2.45) is 5.41 Å². The lowest BCUT2D eigenvalue weighted by atomic mass is 9.69. The van der Waals surface area contributed by atoms with Gasteiger partial charge in [-0.3, -0.25) is 0 Å². The number of allylic oxidation sites excluding steroid dienone is 1. The van der Waals surface area contributed by atoms with Crippen molar-refractivity contribution in [2.75, 3.05) is 4.81 Å². The second-order valence-corrected chi connectivity index (χ2v) is 7.32. The van der Waals surface area contributed by atoms with E-state index in [0.717, 1.165) is 0 Å². The number of anilines is 1. The van der Waals surface area contributed by atoms with Crippen molar-refractivity contribution in [3.63, 3.8) is 0 Å². The van der Waals surface area contributed by atoms with E-state index in [-0.39, 0.29) is 11.1 Å². The number of benzene rings is 2. The Morgan fingerprint density at radius 2 is 1.52 bits per heavy atom. The van der Waals surface area contributed by atoms with E-state index in [1.165, 1.54) is 22.4 Å². The highest BCUT2D eigenvalue weighted by molar-refractivity contribution is 9.25. The second-order valence-electron chi connectivity index (χ2n) is 6.45. The Morgan fingerprint density at radius 3 is 2.19 bits per heavy atom. The molecule has 3 rings (SSSR count). The lowest BCUT2D eigenvalue weighted by Crippen LogP contribution is -2.49. The predicted molar refractivity (Wildman–Crippen MR) is 97.1 cm³/mol. The summed E-state index contributed by atoms with van der Waals surface area (Å²) in [6.45, 7) is 6.80. The van der Waals surface area contributed by atoms with Crippen LogP contribution in [0.2, 0.25) is 0 Å². The zero-order valence-electron chi connectivity index (χ0n) is 12.7. The first-order chi connectivity index (χ1) is 9.98. The topological polar surface area (TPSA) is 3.24 Å². The van der Waals surface area contributed by atoms with Crippen LogP contribution in [0.25, 0.3) is 6.08 Å².